The topological polar surface area (TPSA) is 65.4 Å². The van der Waals surface area contributed by atoms with Crippen LogP contribution in [0, 0.1) is 33.6 Å². The quantitative estimate of drug-likeness (QED) is 0.275. The maximum atomic E-state index is 5.66. The van der Waals surface area contributed by atoms with Gasteiger partial charge in [-0.15, -0.1) is 0 Å². The number of nitrogens with zero attached hydrogens (tertiary/aromatic N) is 4. The molecular formula is C28H34N6S. The van der Waals surface area contributed by atoms with Crippen molar-refractivity contribution in [1.82, 2.24) is 14.9 Å². The zero-order valence-electron chi connectivity index (χ0n) is 21.0. The minimum Gasteiger partial charge on any atom is -0.342 e. The molecule has 0 unspecified atom stereocenters. The predicted molar refractivity (Wildman–Crippen MR) is 149 cm³/mol. The molecule has 2 heterocycles. The fourth-order valence-corrected chi connectivity index (χ4v) is 4.68. The van der Waals surface area contributed by atoms with E-state index >= 15 is 0 Å². The highest BCUT2D eigenvalue weighted by molar-refractivity contribution is 7.80. The Kier molecular flexibility index (Phi) is 8.08. The van der Waals surface area contributed by atoms with Crippen LogP contribution in [0.3, 0.4) is 0 Å². The van der Waals surface area contributed by atoms with Crippen molar-refractivity contribution < 1.29 is 0 Å². The van der Waals surface area contributed by atoms with Crippen LogP contribution in [0.25, 0.3) is 0 Å². The van der Waals surface area contributed by atoms with E-state index in [1.165, 1.54) is 16.7 Å². The molecule has 0 spiro atoms. The molecule has 1 aliphatic heterocycles. The summed E-state index contributed by atoms with van der Waals surface area (Å²) in [6.45, 7) is 9.93. The maximum absolute atomic E-state index is 5.66. The lowest BCUT2D eigenvalue weighted by atomic mass is 9.90. The van der Waals surface area contributed by atoms with Crippen LogP contribution in [0.1, 0.15) is 40.9 Å². The van der Waals surface area contributed by atoms with Gasteiger partial charge in [0.1, 0.15) is 0 Å². The van der Waals surface area contributed by atoms with Crippen LogP contribution in [-0.2, 0) is 6.42 Å². The van der Waals surface area contributed by atoms with Crippen molar-refractivity contribution in [2.24, 2.45) is 10.9 Å². The molecule has 0 saturated carbocycles. The summed E-state index contributed by atoms with van der Waals surface area (Å²) in [5.74, 6) is 1.89. The SMILES string of the molecule is Cc1cc(C)nc(N/C(=N/C(=S)Nc2cccc(C)c2C)N2CCC(Cc3ccccc3)CC2)n1. The minimum atomic E-state index is 0.414. The summed E-state index contributed by atoms with van der Waals surface area (Å²) < 4.78 is 0. The van der Waals surface area contributed by atoms with Gasteiger partial charge in [-0.25, -0.2) is 9.97 Å². The van der Waals surface area contributed by atoms with Crippen LogP contribution in [0.5, 0.6) is 0 Å². The smallest absolute Gasteiger partial charge is 0.229 e. The summed E-state index contributed by atoms with van der Waals surface area (Å²) in [5.41, 5.74) is 6.58. The highest BCUT2D eigenvalue weighted by Crippen LogP contribution is 2.23. The highest BCUT2D eigenvalue weighted by atomic mass is 32.1. The Morgan fingerprint density at radius 1 is 0.943 bits per heavy atom. The molecule has 6 nitrogen and oxygen atoms in total. The Morgan fingerprint density at radius 3 is 2.31 bits per heavy atom. The zero-order chi connectivity index (χ0) is 24.8. The first-order chi connectivity index (χ1) is 16.9. The van der Waals surface area contributed by atoms with Crippen LogP contribution in [0.2, 0.25) is 0 Å². The lowest BCUT2D eigenvalue weighted by Crippen LogP contribution is -2.43. The summed E-state index contributed by atoms with van der Waals surface area (Å²) in [6.07, 6.45) is 3.31. The van der Waals surface area contributed by atoms with Crippen molar-refractivity contribution in [3.63, 3.8) is 0 Å². The number of thiocarbonyl (C=S) groups is 1. The largest absolute Gasteiger partial charge is 0.342 e. The van der Waals surface area contributed by atoms with E-state index in [0.717, 1.165) is 49.4 Å². The molecule has 0 aliphatic carbocycles. The van der Waals surface area contributed by atoms with Gasteiger partial charge in [-0.05, 0) is 93.9 Å². The molecule has 182 valence electrons. The van der Waals surface area contributed by atoms with Crippen LogP contribution in [0.15, 0.2) is 59.6 Å². The fourth-order valence-electron chi connectivity index (χ4n) is 4.48. The first-order valence-corrected chi connectivity index (χ1v) is 12.6. The predicted octanol–water partition coefficient (Wildman–Crippen LogP) is 5.83. The van der Waals surface area contributed by atoms with Gasteiger partial charge in [-0.2, -0.15) is 4.99 Å². The first kappa shape index (κ1) is 24.8. The van der Waals surface area contributed by atoms with Gasteiger partial charge < -0.3 is 10.2 Å². The third-order valence-electron chi connectivity index (χ3n) is 6.54. The molecule has 1 aromatic heterocycles. The van der Waals surface area contributed by atoms with E-state index in [1.807, 2.05) is 32.0 Å². The van der Waals surface area contributed by atoms with Gasteiger partial charge in [0, 0.05) is 30.2 Å². The average Bonchev–Trinajstić information content (AvgIpc) is 2.82. The number of nitrogens with one attached hydrogen (secondary N) is 2. The van der Waals surface area contributed by atoms with Crippen LogP contribution in [0.4, 0.5) is 11.6 Å². The van der Waals surface area contributed by atoms with E-state index in [9.17, 15) is 0 Å². The molecule has 0 radical (unpaired) electrons. The average molecular weight is 487 g/mol. The van der Waals surface area contributed by atoms with Crippen molar-refractivity contribution in [1.29, 1.82) is 0 Å². The summed E-state index contributed by atoms with van der Waals surface area (Å²) in [7, 11) is 0. The number of hydrogen-bond acceptors (Lipinski definition) is 3. The molecule has 7 heteroatoms. The number of rotatable bonds is 4. The van der Waals surface area contributed by atoms with Gasteiger partial charge >= 0.3 is 0 Å². The second-order valence-corrected chi connectivity index (χ2v) is 9.72. The molecule has 0 atom stereocenters. The van der Waals surface area contributed by atoms with Gasteiger partial charge in [0.15, 0.2) is 0 Å². The molecule has 3 aromatic rings. The molecule has 2 aromatic carbocycles. The van der Waals surface area contributed by atoms with Gasteiger partial charge in [0.05, 0.1) is 0 Å². The van der Waals surface area contributed by atoms with Crippen LogP contribution >= 0.6 is 12.2 Å². The number of hydrogen-bond donors (Lipinski definition) is 2. The standard InChI is InChI=1S/C28H34N6S/c1-19-9-8-12-25(22(19)4)31-28(35)33-27(32-26-29-20(2)17-21(3)30-26)34-15-13-24(14-16-34)18-23-10-6-5-7-11-23/h5-12,17,24H,13-16,18H2,1-4H3,(H2,29,30,31,32,33,35). The number of likely N-dealkylation sites (tertiary alicyclic amines) is 1. The van der Waals surface area contributed by atoms with Crippen LogP contribution in [-0.4, -0.2) is 39.0 Å². The zero-order valence-corrected chi connectivity index (χ0v) is 21.8. The van der Waals surface area contributed by atoms with E-state index in [4.69, 9.17) is 17.2 Å². The van der Waals surface area contributed by atoms with Crippen molar-refractivity contribution in [2.75, 3.05) is 23.7 Å². The number of anilines is 2. The Hall–Kier alpha value is -3.32. The second kappa shape index (κ2) is 11.4. The molecule has 0 bridgehead atoms. The van der Waals surface area contributed by atoms with Crippen LogP contribution < -0.4 is 10.6 Å². The Bertz CT molecular complexity index is 1180. The van der Waals surface area contributed by atoms with E-state index in [-0.39, 0.29) is 0 Å². The van der Waals surface area contributed by atoms with Crippen molar-refractivity contribution in [3.05, 3.63) is 82.7 Å². The summed E-state index contributed by atoms with van der Waals surface area (Å²) in [5, 5.41) is 7.08. The molecule has 2 N–H and O–H groups in total. The van der Waals surface area contributed by atoms with E-state index < -0.39 is 0 Å². The first-order valence-electron chi connectivity index (χ1n) is 12.2. The molecule has 1 saturated heterocycles. The molecular weight excluding hydrogens is 452 g/mol. The monoisotopic (exact) mass is 486 g/mol. The van der Waals surface area contributed by atoms with E-state index in [1.54, 1.807) is 0 Å². The second-order valence-electron chi connectivity index (χ2n) is 9.33. The molecule has 1 aliphatic rings. The summed E-state index contributed by atoms with van der Waals surface area (Å²) in [6, 6.07) is 18.9. The highest BCUT2D eigenvalue weighted by Gasteiger charge is 2.23. The summed E-state index contributed by atoms with van der Waals surface area (Å²) in [4.78, 5) is 16.2. The number of aliphatic imine (C=N–C) groups is 1. The molecule has 35 heavy (non-hydrogen) atoms. The summed E-state index contributed by atoms with van der Waals surface area (Å²) >= 11 is 5.66. The van der Waals surface area contributed by atoms with Crippen molar-refractivity contribution in [2.45, 2.75) is 47.0 Å². The molecule has 0 amide bonds. The van der Waals surface area contributed by atoms with Gasteiger partial charge in [-0.3, -0.25) is 5.32 Å². The third-order valence-corrected chi connectivity index (χ3v) is 6.73. The normalized spacial score (nSPS) is 14.6. The lowest BCUT2D eigenvalue weighted by Gasteiger charge is -2.34. The van der Waals surface area contributed by atoms with Crippen molar-refractivity contribution in [3.8, 4) is 0 Å². The minimum absolute atomic E-state index is 0.414. The molecule has 4 rings (SSSR count). The van der Waals surface area contributed by atoms with Crippen molar-refractivity contribution >= 4 is 34.9 Å². The maximum Gasteiger partial charge on any atom is 0.229 e. The third kappa shape index (κ3) is 6.85. The van der Waals surface area contributed by atoms with E-state index in [2.05, 4.69) is 75.7 Å². The number of benzene rings is 2. The number of piperidine rings is 1. The Morgan fingerprint density at radius 2 is 1.63 bits per heavy atom. The van der Waals surface area contributed by atoms with E-state index in [0.29, 0.717) is 22.9 Å². The number of aromatic nitrogens is 2. The Balaban J connectivity index is 1.51. The number of aryl methyl sites for hydroxylation is 3. The Labute approximate surface area is 213 Å². The van der Waals surface area contributed by atoms with Gasteiger partial charge in [-0.1, -0.05) is 42.5 Å². The number of guanidine groups is 1. The molecule has 1 fully saturated rings. The van der Waals surface area contributed by atoms with Gasteiger partial charge in [0.2, 0.25) is 17.0 Å². The lowest BCUT2D eigenvalue weighted by molar-refractivity contribution is 0.265. The fraction of sp³-hybridized carbons (Fsp3) is 0.357. The van der Waals surface area contributed by atoms with Gasteiger partial charge in [0.25, 0.3) is 0 Å².